The molecule has 1 amide bonds. The minimum absolute atomic E-state index is 0.0120. The fourth-order valence-electron chi connectivity index (χ4n) is 3.84. The normalized spacial score (nSPS) is 17.5. The lowest BCUT2D eigenvalue weighted by Gasteiger charge is -2.29. The van der Waals surface area contributed by atoms with Crippen LogP contribution in [0.15, 0.2) is 90.7 Å². The molecule has 0 radical (unpaired) electrons. The Bertz CT molecular complexity index is 1100. The predicted octanol–water partition coefficient (Wildman–Crippen LogP) is 5.07. The molecule has 0 saturated carbocycles. The topological polar surface area (TPSA) is 67.8 Å². The Balaban J connectivity index is 1.42. The van der Waals surface area contributed by atoms with E-state index in [1.807, 2.05) is 60.7 Å². The number of carbonyl (C=O) groups is 1. The Morgan fingerprint density at radius 2 is 1.68 bits per heavy atom. The van der Waals surface area contributed by atoms with Gasteiger partial charge < -0.3 is 19.9 Å². The number of ether oxygens (including phenoxy) is 2. The quantitative estimate of drug-likeness (QED) is 0.353. The molecule has 1 heterocycles. The summed E-state index contributed by atoms with van der Waals surface area (Å²) in [5, 5.41) is 12.2. The monoisotopic (exact) mass is 569 g/mol. The molecular formula is C28H28INO4. The van der Waals surface area contributed by atoms with Crippen molar-refractivity contribution in [3.63, 3.8) is 0 Å². The molecule has 0 bridgehead atoms. The first-order chi connectivity index (χ1) is 16.6. The maximum absolute atomic E-state index is 12.9. The lowest BCUT2D eigenvalue weighted by molar-refractivity contribution is -0.150. The van der Waals surface area contributed by atoms with E-state index < -0.39 is 6.29 Å². The molecule has 0 fully saturated rings. The molecule has 0 saturated heterocycles. The zero-order valence-corrected chi connectivity index (χ0v) is 21.0. The molecule has 0 spiro atoms. The molecular weight excluding hydrogens is 541 g/mol. The smallest absolute Gasteiger partial charge is 0.286 e. The summed E-state index contributed by atoms with van der Waals surface area (Å²) in [4.78, 5) is 12.9. The molecule has 1 aliphatic rings. The van der Waals surface area contributed by atoms with Crippen LogP contribution < -0.4 is 5.32 Å². The van der Waals surface area contributed by atoms with Crippen molar-refractivity contribution in [2.45, 2.75) is 38.3 Å². The van der Waals surface area contributed by atoms with Crippen molar-refractivity contribution in [1.82, 2.24) is 5.32 Å². The van der Waals surface area contributed by atoms with Gasteiger partial charge in [0.25, 0.3) is 5.91 Å². The third-order valence-electron chi connectivity index (χ3n) is 5.76. The second kappa shape index (κ2) is 12.1. The molecule has 0 unspecified atom stereocenters. The van der Waals surface area contributed by atoms with Gasteiger partial charge in [-0.1, -0.05) is 66.7 Å². The van der Waals surface area contributed by atoms with Crippen molar-refractivity contribution in [2.75, 3.05) is 6.54 Å². The summed E-state index contributed by atoms with van der Waals surface area (Å²) in [5.74, 6) is 0.0814. The first kappa shape index (κ1) is 24.4. The Hall–Kier alpha value is -2.68. The standard InChI is InChI=1S/C28H28INO4/c29-25-12-10-23(11-13-25)24-16-26(28(32)30-15-14-20-4-2-1-3-5-20)34-27(17-24)33-19-22-8-6-21(18-31)7-9-22/h1-13,16,24,27,31H,14-15,17-19H2,(H,30,32)/t24-,27+/m1/s1. The number of amides is 1. The van der Waals surface area contributed by atoms with E-state index in [1.54, 1.807) is 0 Å². The third kappa shape index (κ3) is 6.91. The number of hydrogen-bond donors (Lipinski definition) is 2. The number of halogens is 1. The summed E-state index contributed by atoms with van der Waals surface area (Å²) in [6.07, 6.45) is 2.73. The van der Waals surface area contributed by atoms with Crippen LogP contribution in [0.3, 0.4) is 0 Å². The van der Waals surface area contributed by atoms with Crippen molar-refractivity contribution < 1.29 is 19.4 Å². The molecule has 2 atom stereocenters. The van der Waals surface area contributed by atoms with Crippen LogP contribution in [0, 0.1) is 3.57 Å². The maximum atomic E-state index is 12.9. The van der Waals surface area contributed by atoms with Crippen LogP contribution in [0.1, 0.15) is 34.6 Å². The number of hydrogen-bond acceptors (Lipinski definition) is 4. The fraction of sp³-hybridized carbons (Fsp3) is 0.250. The molecule has 3 aromatic rings. The molecule has 4 rings (SSSR count). The zero-order valence-electron chi connectivity index (χ0n) is 18.8. The Morgan fingerprint density at radius 3 is 2.38 bits per heavy atom. The first-order valence-corrected chi connectivity index (χ1v) is 12.4. The van der Waals surface area contributed by atoms with Crippen molar-refractivity contribution >= 4 is 28.5 Å². The van der Waals surface area contributed by atoms with Crippen molar-refractivity contribution in [2.24, 2.45) is 0 Å². The van der Waals surface area contributed by atoms with Gasteiger partial charge in [-0.15, -0.1) is 0 Å². The lowest BCUT2D eigenvalue weighted by Crippen LogP contribution is -2.33. The van der Waals surface area contributed by atoms with Crippen LogP contribution >= 0.6 is 22.6 Å². The van der Waals surface area contributed by atoms with Gasteiger partial charge in [-0.2, -0.15) is 0 Å². The van der Waals surface area contributed by atoms with Crippen LogP contribution in [0.25, 0.3) is 0 Å². The Kier molecular flexibility index (Phi) is 8.73. The summed E-state index contributed by atoms with van der Waals surface area (Å²) in [5.41, 5.74) is 4.13. The van der Waals surface area contributed by atoms with Gasteiger partial charge in [0, 0.05) is 22.5 Å². The molecule has 5 nitrogen and oxygen atoms in total. The average Bonchev–Trinajstić information content (AvgIpc) is 2.88. The number of aliphatic hydroxyl groups is 1. The van der Waals surface area contributed by atoms with Crippen LogP contribution in [-0.4, -0.2) is 23.8 Å². The second-order valence-electron chi connectivity index (χ2n) is 8.25. The van der Waals surface area contributed by atoms with Crippen LogP contribution in [0.5, 0.6) is 0 Å². The highest BCUT2D eigenvalue weighted by atomic mass is 127. The molecule has 34 heavy (non-hydrogen) atoms. The van der Waals surface area contributed by atoms with Crippen molar-refractivity contribution in [3.8, 4) is 0 Å². The van der Waals surface area contributed by atoms with Gasteiger partial charge in [-0.25, -0.2) is 0 Å². The van der Waals surface area contributed by atoms with Crippen molar-refractivity contribution in [1.29, 1.82) is 0 Å². The van der Waals surface area contributed by atoms with E-state index in [2.05, 4.69) is 52.2 Å². The van der Waals surface area contributed by atoms with Gasteiger partial charge in [0.2, 0.25) is 6.29 Å². The number of aliphatic hydroxyl groups excluding tert-OH is 1. The van der Waals surface area contributed by atoms with E-state index in [9.17, 15) is 9.90 Å². The third-order valence-corrected chi connectivity index (χ3v) is 6.48. The molecule has 0 aliphatic carbocycles. The van der Waals surface area contributed by atoms with Gasteiger partial charge in [-0.3, -0.25) is 4.79 Å². The van der Waals surface area contributed by atoms with E-state index in [0.29, 0.717) is 25.3 Å². The number of nitrogens with one attached hydrogen (secondary N) is 1. The van der Waals surface area contributed by atoms with Gasteiger partial charge in [0.1, 0.15) is 0 Å². The molecule has 3 aromatic carbocycles. The highest BCUT2D eigenvalue weighted by molar-refractivity contribution is 14.1. The molecule has 1 aliphatic heterocycles. The summed E-state index contributed by atoms with van der Waals surface area (Å²) >= 11 is 2.29. The van der Waals surface area contributed by atoms with Crippen LogP contribution in [0.4, 0.5) is 0 Å². The van der Waals surface area contributed by atoms with E-state index in [0.717, 1.165) is 26.7 Å². The molecule has 2 N–H and O–H groups in total. The Morgan fingerprint density at radius 1 is 0.971 bits per heavy atom. The number of allylic oxidation sites excluding steroid dienone is 1. The average molecular weight is 569 g/mol. The van der Waals surface area contributed by atoms with Crippen LogP contribution in [0.2, 0.25) is 0 Å². The van der Waals surface area contributed by atoms with E-state index in [-0.39, 0.29) is 18.4 Å². The predicted molar refractivity (Wildman–Crippen MR) is 140 cm³/mol. The minimum Gasteiger partial charge on any atom is -0.459 e. The van der Waals surface area contributed by atoms with Gasteiger partial charge in [0.15, 0.2) is 5.76 Å². The summed E-state index contributed by atoms with van der Waals surface area (Å²) in [6, 6.07) is 26.0. The Labute approximate surface area is 213 Å². The summed E-state index contributed by atoms with van der Waals surface area (Å²) in [7, 11) is 0. The van der Waals surface area contributed by atoms with Gasteiger partial charge in [0.05, 0.1) is 13.2 Å². The SMILES string of the molecule is O=C(NCCc1ccccc1)C1=C[C@@H](c2ccc(I)cc2)C[C@@H](OCc2ccc(CO)cc2)O1. The fourth-order valence-corrected chi connectivity index (χ4v) is 4.20. The maximum Gasteiger partial charge on any atom is 0.286 e. The van der Waals surface area contributed by atoms with Crippen molar-refractivity contribution in [3.05, 3.63) is 117 Å². The van der Waals surface area contributed by atoms with E-state index in [4.69, 9.17) is 9.47 Å². The lowest BCUT2D eigenvalue weighted by atomic mass is 9.93. The largest absolute Gasteiger partial charge is 0.459 e. The van der Waals surface area contributed by atoms with E-state index in [1.165, 1.54) is 5.56 Å². The molecule has 176 valence electrons. The van der Waals surface area contributed by atoms with Gasteiger partial charge in [-0.05, 0) is 69.5 Å². The van der Waals surface area contributed by atoms with Crippen LogP contribution in [-0.2, 0) is 33.9 Å². The summed E-state index contributed by atoms with van der Waals surface area (Å²) in [6.45, 7) is 0.900. The second-order valence-corrected chi connectivity index (χ2v) is 9.49. The molecule has 6 heteroatoms. The zero-order chi connectivity index (χ0) is 23.8. The number of carbonyl (C=O) groups excluding carboxylic acids is 1. The highest BCUT2D eigenvalue weighted by Gasteiger charge is 2.28. The number of rotatable bonds is 9. The number of benzene rings is 3. The van der Waals surface area contributed by atoms with E-state index >= 15 is 0 Å². The highest BCUT2D eigenvalue weighted by Crippen LogP contribution is 2.32. The minimum atomic E-state index is -0.540. The summed E-state index contributed by atoms with van der Waals surface area (Å²) < 4.78 is 13.2. The first-order valence-electron chi connectivity index (χ1n) is 11.4. The van der Waals surface area contributed by atoms with Gasteiger partial charge >= 0.3 is 0 Å². The molecule has 0 aromatic heterocycles.